The molecule has 0 radical (unpaired) electrons. The van der Waals surface area contributed by atoms with E-state index in [1.54, 1.807) is 12.1 Å². The molecule has 1 aromatic heterocycles. The van der Waals surface area contributed by atoms with Crippen LogP contribution in [-0.4, -0.2) is 43.2 Å². The fraction of sp³-hybridized carbons (Fsp3) is 0.455. The quantitative estimate of drug-likeness (QED) is 0.527. The number of hydrogen-bond acceptors (Lipinski definition) is 4. The third-order valence-electron chi connectivity index (χ3n) is 4.69. The Morgan fingerprint density at radius 2 is 2.07 bits per heavy atom. The Bertz CT molecular complexity index is 807. The summed E-state index contributed by atoms with van der Waals surface area (Å²) in [6, 6.07) is 10.3. The molecule has 0 spiro atoms. The van der Waals surface area contributed by atoms with E-state index in [1.165, 1.54) is 25.0 Å². The van der Waals surface area contributed by atoms with Gasteiger partial charge in [-0.15, -0.1) is 0 Å². The molecule has 1 aliphatic heterocycles. The van der Waals surface area contributed by atoms with Gasteiger partial charge in [0.25, 0.3) is 0 Å². The van der Waals surface area contributed by atoms with Gasteiger partial charge in [-0.05, 0) is 56.5 Å². The SMILES string of the molecule is CCNC(=NCc1ccnc(N2CCCC2)c1)NCC(C)Oc1cccc(F)c1. The number of benzene rings is 1. The van der Waals surface area contributed by atoms with Crippen molar-refractivity contribution in [1.82, 2.24) is 15.6 Å². The molecule has 0 saturated carbocycles. The summed E-state index contributed by atoms with van der Waals surface area (Å²) in [5.74, 6) is 1.97. The number of nitrogens with zero attached hydrogens (tertiary/aromatic N) is 3. The number of hydrogen-bond donors (Lipinski definition) is 2. The van der Waals surface area contributed by atoms with Gasteiger partial charge in [-0.1, -0.05) is 6.07 Å². The molecular formula is C22H30FN5O. The Labute approximate surface area is 172 Å². The molecule has 29 heavy (non-hydrogen) atoms. The summed E-state index contributed by atoms with van der Waals surface area (Å²) in [6.07, 6.45) is 4.18. The van der Waals surface area contributed by atoms with Crippen LogP contribution in [0.3, 0.4) is 0 Å². The van der Waals surface area contributed by atoms with Crippen molar-refractivity contribution in [3.05, 3.63) is 54.0 Å². The molecule has 1 saturated heterocycles. The van der Waals surface area contributed by atoms with Crippen molar-refractivity contribution in [2.75, 3.05) is 31.1 Å². The highest BCUT2D eigenvalue weighted by molar-refractivity contribution is 5.79. The highest BCUT2D eigenvalue weighted by Crippen LogP contribution is 2.18. The maximum atomic E-state index is 13.3. The van der Waals surface area contributed by atoms with Gasteiger partial charge in [-0.3, -0.25) is 0 Å². The number of ether oxygens (including phenoxy) is 1. The molecule has 0 amide bonds. The van der Waals surface area contributed by atoms with Gasteiger partial charge < -0.3 is 20.3 Å². The van der Waals surface area contributed by atoms with E-state index in [9.17, 15) is 4.39 Å². The highest BCUT2D eigenvalue weighted by Gasteiger charge is 2.13. The monoisotopic (exact) mass is 399 g/mol. The third-order valence-corrected chi connectivity index (χ3v) is 4.69. The third kappa shape index (κ3) is 6.62. The van der Waals surface area contributed by atoms with Crippen molar-refractivity contribution in [2.45, 2.75) is 39.3 Å². The molecule has 0 aliphatic carbocycles. The lowest BCUT2D eigenvalue weighted by Gasteiger charge is -2.18. The number of aromatic nitrogens is 1. The number of guanidine groups is 1. The average Bonchev–Trinajstić information content (AvgIpc) is 3.25. The maximum Gasteiger partial charge on any atom is 0.191 e. The average molecular weight is 400 g/mol. The molecule has 1 fully saturated rings. The fourth-order valence-electron chi connectivity index (χ4n) is 3.24. The number of aliphatic imine (C=N–C) groups is 1. The maximum absolute atomic E-state index is 13.3. The number of nitrogens with one attached hydrogen (secondary N) is 2. The predicted molar refractivity (Wildman–Crippen MR) is 115 cm³/mol. The Morgan fingerprint density at radius 1 is 1.24 bits per heavy atom. The van der Waals surface area contributed by atoms with Crippen LogP contribution >= 0.6 is 0 Å². The minimum absolute atomic E-state index is 0.136. The number of halogens is 1. The van der Waals surface area contributed by atoms with Gasteiger partial charge >= 0.3 is 0 Å². The lowest BCUT2D eigenvalue weighted by molar-refractivity contribution is 0.223. The summed E-state index contributed by atoms with van der Waals surface area (Å²) in [5.41, 5.74) is 1.13. The molecule has 1 unspecified atom stereocenters. The Morgan fingerprint density at radius 3 is 2.83 bits per heavy atom. The first kappa shape index (κ1) is 20.9. The molecule has 3 rings (SSSR count). The molecule has 0 bridgehead atoms. The van der Waals surface area contributed by atoms with Gasteiger partial charge in [-0.25, -0.2) is 14.4 Å². The summed E-state index contributed by atoms with van der Waals surface area (Å²) in [4.78, 5) is 11.5. The van der Waals surface area contributed by atoms with Crippen LogP contribution in [-0.2, 0) is 6.54 Å². The molecule has 6 nitrogen and oxygen atoms in total. The number of rotatable bonds is 8. The van der Waals surface area contributed by atoms with E-state index in [0.29, 0.717) is 18.8 Å². The van der Waals surface area contributed by atoms with Crippen LogP contribution in [0.5, 0.6) is 5.75 Å². The second-order valence-electron chi connectivity index (χ2n) is 7.18. The van der Waals surface area contributed by atoms with Crippen molar-refractivity contribution >= 4 is 11.8 Å². The minimum atomic E-state index is -0.303. The Balaban J connectivity index is 1.54. The van der Waals surface area contributed by atoms with Gasteiger partial charge in [0, 0.05) is 31.9 Å². The molecule has 1 aromatic carbocycles. The van der Waals surface area contributed by atoms with Gasteiger partial charge in [0.1, 0.15) is 23.5 Å². The van der Waals surface area contributed by atoms with E-state index < -0.39 is 0 Å². The van der Waals surface area contributed by atoms with Crippen LogP contribution in [0.2, 0.25) is 0 Å². The summed E-state index contributed by atoms with van der Waals surface area (Å²) in [6.45, 7) is 8.00. The summed E-state index contributed by atoms with van der Waals surface area (Å²) in [7, 11) is 0. The van der Waals surface area contributed by atoms with E-state index in [0.717, 1.165) is 37.0 Å². The molecule has 7 heteroatoms. The summed E-state index contributed by atoms with van der Waals surface area (Å²) >= 11 is 0. The van der Waals surface area contributed by atoms with E-state index >= 15 is 0 Å². The van der Waals surface area contributed by atoms with Crippen molar-refractivity contribution in [3.8, 4) is 5.75 Å². The van der Waals surface area contributed by atoms with Gasteiger partial charge in [0.15, 0.2) is 5.96 Å². The molecular weight excluding hydrogens is 369 g/mol. The lowest BCUT2D eigenvalue weighted by atomic mass is 10.2. The van der Waals surface area contributed by atoms with Crippen LogP contribution in [0.4, 0.5) is 10.2 Å². The lowest BCUT2D eigenvalue weighted by Crippen LogP contribution is -2.41. The summed E-state index contributed by atoms with van der Waals surface area (Å²) < 4.78 is 19.0. The molecule has 156 valence electrons. The van der Waals surface area contributed by atoms with Crippen LogP contribution in [0.1, 0.15) is 32.3 Å². The largest absolute Gasteiger partial charge is 0.489 e. The number of anilines is 1. The second-order valence-corrected chi connectivity index (χ2v) is 7.18. The van der Waals surface area contributed by atoms with Gasteiger partial charge in [0.2, 0.25) is 0 Å². The van der Waals surface area contributed by atoms with Crippen molar-refractivity contribution in [3.63, 3.8) is 0 Å². The zero-order chi connectivity index (χ0) is 20.5. The summed E-state index contributed by atoms with van der Waals surface area (Å²) in [5, 5.41) is 6.54. The van der Waals surface area contributed by atoms with E-state index in [2.05, 4.69) is 31.6 Å². The minimum Gasteiger partial charge on any atom is -0.489 e. The van der Waals surface area contributed by atoms with E-state index in [4.69, 9.17) is 4.74 Å². The normalized spacial score (nSPS) is 15.3. The Kier molecular flexibility index (Phi) is 7.67. The van der Waals surface area contributed by atoms with Crippen LogP contribution in [0.15, 0.2) is 47.6 Å². The van der Waals surface area contributed by atoms with Crippen molar-refractivity contribution in [1.29, 1.82) is 0 Å². The van der Waals surface area contributed by atoms with E-state index in [1.807, 2.05) is 26.1 Å². The second kappa shape index (κ2) is 10.6. The smallest absolute Gasteiger partial charge is 0.191 e. The molecule has 1 aliphatic rings. The van der Waals surface area contributed by atoms with Crippen molar-refractivity contribution in [2.24, 2.45) is 4.99 Å². The van der Waals surface area contributed by atoms with Gasteiger partial charge in [-0.2, -0.15) is 0 Å². The zero-order valence-corrected chi connectivity index (χ0v) is 17.2. The first-order valence-electron chi connectivity index (χ1n) is 10.3. The standard InChI is InChI=1S/C22H30FN5O/c1-3-24-22(26-15-17(2)29-20-8-6-7-19(23)14-20)27-16-18-9-10-25-21(13-18)28-11-4-5-12-28/h6-10,13-14,17H,3-5,11-12,15-16H2,1-2H3,(H2,24,26,27). The highest BCUT2D eigenvalue weighted by atomic mass is 19.1. The first-order chi connectivity index (χ1) is 14.1. The fourth-order valence-corrected chi connectivity index (χ4v) is 3.24. The predicted octanol–water partition coefficient (Wildman–Crippen LogP) is 3.34. The Hall–Kier alpha value is -2.83. The van der Waals surface area contributed by atoms with Crippen LogP contribution in [0.25, 0.3) is 0 Å². The molecule has 1 atom stereocenters. The van der Waals surface area contributed by atoms with Gasteiger partial charge in [0.05, 0.1) is 13.1 Å². The topological polar surface area (TPSA) is 61.8 Å². The van der Waals surface area contributed by atoms with Crippen molar-refractivity contribution < 1.29 is 9.13 Å². The van der Waals surface area contributed by atoms with Crippen LogP contribution < -0.4 is 20.3 Å². The molecule has 2 heterocycles. The molecule has 2 N–H and O–H groups in total. The number of pyridine rings is 1. The first-order valence-corrected chi connectivity index (χ1v) is 10.3. The zero-order valence-electron chi connectivity index (χ0n) is 17.2. The molecule has 2 aromatic rings. The van der Waals surface area contributed by atoms with Crippen LogP contribution in [0, 0.1) is 5.82 Å². The van der Waals surface area contributed by atoms with E-state index in [-0.39, 0.29) is 11.9 Å².